The van der Waals surface area contributed by atoms with Gasteiger partial charge < -0.3 is 14.5 Å². The average molecular weight is 369 g/mol. The molecule has 0 saturated carbocycles. The van der Waals surface area contributed by atoms with Crippen molar-refractivity contribution >= 4 is 23.4 Å². The fourth-order valence-electron chi connectivity index (χ4n) is 2.75. The number of carbonyl (C=O) groups excluding carboxylic acids is 1. The number of hydrogen-bond donors (Lipinski definition) is 1. The van der Waals surface area contributed by atoms with E-state index < -0.39 is 0 Å². The Morgan fingerprint density at radius 1 is 1.19 bits per heavy atom. The zero-order chi connectivity index (χ0) is 18.5. The van der Waals surface area contributed by atoms with Crippen LogP contribution in [-0.2, 0) is 24.8 Å². The minimum atomic E-state index is -0.0427. The lowest BCUT2D eigenvalue weighted by Gasteiger charge is -2.09. The number of aryl methyl sites for hydroxylation is 2. The fraction of sp³-hybridized carbons (Fsp3) is 0.316. The molecule has 3 aromatic rings. The SMILES string of the molecule is CCn1c(Cc2cccn2C)nnc1SCC(=O)Nc1ccccc1C. The fourth-order valence-corrected chi connectivity index (χ4v) is 3.57. The Labute approximate surface area is 157 Å². The smallest absolute Gasteiger partial charge is 0.234 e. The number of hydrogen-bond acceptors (Lipinski definition) is 4. The molecule has 1 aromatic carbocycles. The summed E-state index contributed by atoms with van der Waals surface area (Å²) >= 11 is 1.41. The van der Waals surface area contributed by atoms with Gasteiger partial charge in [-0.25, -0.2) is 0 Å². The second-order valence-corrected chi connectivity index (χ2v) is 7.02. The number of benzene rings is 1. The molecular weight excluding hydrogens is 346 g/mol. The number of nitrogens with zero attached hydrogens (tertiary/aromatic N) is 4. The second-order valence-electron chi connectivity index (χ2n) is 6.08. The van der Waals surface area contributed by atoms with Gasteiger partial charge in [-0.3, -0.25) is 4.79 Å². The third-order valence-corrected chi connectivity index (χ3v) is 5.22. The molecular formula is C19H23N5OS. The van der Waals surface area contributed by atoms with E-state index in [1.165, 1.54) is 17.5 Å². The predicted octanol–water partition coefficient (Wildman–Crippen LogP) is 3.27. The lowest BCUT2D eigenvalue weighted by Crippen LogP contribution is -2.15. The summed E-state index contributed by atoms with van der Waals surface area (Å²) in [7, 11) is 2.02. The molecule has 0 aliphatic heterocycles. The van der Waals surface area contributed by atoms with E-state index in [4.69, 9.17) is 0 Å². The van der Waals surface area contributed by atoms with Crippen molar-refractivity contribution in [3.8, 4) is 0 Å². The second kappa shape index (κ2) is 8.23. The molecule has 0 saturated heterocycles. The number of carbonyl (C=O) groups is 1. The van der Waals surface area contributed by atoms with Crippen molar-refractivity contribution in [1.29, 1.82) is 0 Å². The molecule has 2 aromatic heterocycles. The molecule has 0 bridgehead atoms. The van der Waals surface area contributed by atoms with E-state index in [0.29, 0.717) is 5.75 Å². The van der Waals surface area contributed by atoms with Gasteiger partial charge in [-0.1, -0.05) is 30.0 Å². The van der Waals surface area contributed by atoms with Crippen LogP contribution in [0.1, 0.15) is 24.0 Å². The predicted molar refractivity (Wildman–Crippen MR) is 104 cm³/mol. The van der Waals surface area contributed by atoms with Gasteiger partial charge >= 0.3 is 0 Å². The summed E-state index contributed by atoms with van der Waals surface area (Å²) in [4.78, 5) is 12.3. The number of anilines is 1. The van der Waals surface area contributed by atoms with Crippen LogP contribution in [0, 0.1) is 6.92 Å². The normalized spacial score (nSPS) is 10.9. The first-order chi connectivity index (χ1) is 12.6. The molecule has 1 N–H and O–H groups in total. The molecule has 0 atom stereocenters. The van der Waals surface area contributed by atoms with Gasteiger partial charge in [0.05, 0.1) is 5.75 Å². The quantitative estimate of drug-likeness (QED) is 0.649. The van der Waals surface area contributed by atoms with Gasteiger partial charge in [0.25, 0.3) is 0 Å². The average Bonchev–Trinajstić information content (AvgIpc) is 3.21. The Bertz CT molecular complexity index is 899. The van der Waals surface area contributed by atoms with Crippen LogP contribution < -0.4 is 5.32 Å². The largest absolute Gasteiger partial charge is 0.354 e. The molecule has 0 aliphatic rings. The number of thioether (sulfide) groups is 1. The van der Waals surface area contributed by atoms with Gasteiger partial charge in [0.2, 0.25) is 5.91 Å². The first kappa shape index (κ1) is 18.3. The zero-order valence-electron chi connectivity index (χ0n) is 15.3. The summed E-state index contributed by atoms with van der Waals surface area (Å²) < 4.78 is 4.15. The highest BCUT2D eigenvalue weighted by molar-refractivity contribution is 7.99. The maximum absolute atomic E-state index is 12.3. The van der Waals surface area contributed by atoms with Gasteiger partial charge in [0, 0.05) is 37.6 Å². The van der Waals surface area contributed by atoms with Crippen molar-refractivity contribution in [2.75, 3.05) is 11.1 Å². The summed E-state index contributed by atoms with van der Waals surface area (Å²) in [6, 6.07) is 11.9. The number of rotatable bonds is 7. The molecule has 136 valence electrons. The van der Waals surface area contributed by atoms with Gasteiger partial charge in [-0.15, -0.1) is 10.2 Å². The van der Waals surface area contributed by atoms with E-state index in [0.717, 1.165) is 35.2 Å². The van der Waals surface area contributed by atoms with Crippen LogP contribution in [0.2, 0.25) is 0 Å². The number of aromatic nitrogens is 4. The zero-order valence-corrected chi connectivity index (χ0v) is 16.1. The van der Waals surface area contributed by atoms with Crippen molar-refractivity contribution in [2.45, 2.75) is 32.0 Å². The molecule has 2 heterocycles. The molecule has 1 amide bonds. The minimum Gasteiger partial charge on any atom is -0.354 e. The Morgan fingerprint density at radius 2 is 2.00 bits per heavy atom. The molecule has 0 fully saturated rings. The lowest BCUT2D eigenvalue weighted by molar-refractivity contribution is -0.113. The first-order valence-electron chi connectivity index (χ1n) is 8.59. The summed E-state index contributed by atoms with van der Waals surface area (Å²) in [6.07, 6.45) is 2.74. The van der Waals surface area contributed by atoms with Crippen molar-refractivity contribution in [1.82, 2.24) is 19.3 Å². The van der Waals surface area contributed by atoms with Crippen molar-refractivity contribution in [3.05, 3.63) is 59.7 Å². The Hall–Kier alpha value is -2.54. The molecule has 0 radical (unpaired) electrons. The Morgan fingerprint density at radius 3 is 2.69 bits per heavy atom. The minimum absolute atomic E-state index is 0.0427. The lowest BCUT2D eigenvalue weighted by atomic mass is 10.2. The Kier molecular flexibility index (Phi) is 5.78. The van der Waals surface area contributed by atoms with Crippen LogP contribution >= 0.6 is 11.8 Å². The number of nitrogens with one attached hydrogen (secondary N) is 1. The molecule has 7 heteroatoms. The monoisotopic (exact) mass is 369 g/mol. The maximum Gasteiger partial charge on any atom is 0.234 e. The van der Waals surface area contributed by atoms with Crippen LogP contribution in [0.3, 0.4) is 0 Å². The topological polar surface area (TPSA) is 64.7 Å². The molecule has 3 rings (SSSR count). The van der Waals surface area contributed by atoms with Crippen LogP contribution in [0.15, 0.2) is 47.8 Å². The summed E-state index contributed by atoms with van der Waals surface area (Å²) in [5.41, 5.74) is 3.08. The molecule has 0 spiro atoms. The molecule has 26 heavy (non-hydrogen) atoms. The highest BCUT2D eigenvalue weighted by Gasteiger charge is 2.14. The van der Waals surface area contributed by atoms with Crippen molar-refractivity contribution < 1.29 is 4.79 Å². The van der Waals surface area contributed by atoms with E-state index >= 15 is 0 Å². The van der Waals surface area contributed by atoms with Crippen LogP contribution in [0.5, 0.6) is 0 Å². The summed E-state index contributed by atoms with van der Waals surface area (Å²) in [6.45, 7) is 4.82. The number of amides is 1. The summed E-state index contributed by atoms with van der Waals surface area (Å²) in [5.74, 6) is 1.17. The van der Waals surface area contributed by atoms with Crippen LogP contribution in [-0.4, -0.2) is 31.0 Å². The molecule has 0 aliphatic carbocycles. The third kappa shape index (κ3) is 4.16. The van der Waals surface area contributed by atoms with E-state index in [1.54, 1.807) is 0 Å². The molecule has 6 nitrogen and oxygen atoms in total. The van der Waals surface area contributed by atoms with Gasteiger partial charge in [0.1, 0.15) is 5.82 Å². The summed E-state index contributed by atoms with van der Waals surface area (Å²) in [5, 5.41) is 12.3. The van der Waals surface area contributed by atoms with Crippen LogP contribution in [0.4, 0.5) is 5.69 Å². The van der Waals surface area contributed by atoms with Gasteiger partial charge in [-0.05, 0) is 37.6 Å². The van der Waals surface area contributed by atoms with Crippen molar-refractivity contribution in [2.24, 2.45) is 7.05 Å². The highest BCUT2D eigenvalue weighted by atomic mass is 32.2. The van der Waals surface area contributed by atoms with E-state index in [-0.39, 0.29) is 5.91 Å². The van der Waals surface area contributed by atoms with E-state index in [1.807, 2.05) is 50.5 Å². The standard InChI is InChI=1S/C19H23N5OS/c1-4-24-17(12-15-9-7-11-23(15)3)21-22-19(24)26-13-18(25)20-16-10-6-5-8-14(16)2/h5-11H,4,12-13H2,1-3H3,(H,20,25). The highest BCUT2D eigenvalue weighted by Crippen LogP contribution is 2.20. The van der Waals surface area contributed by atoms with Gasteiger partial charge in [0.15, 0.2) is 5.16 Å². The third-order valence-electron chi connectivity index (χ3n) is 4.25. The van der Waals surface area contributed by atoms with Crippen molar-refractivity contribution in [3.63, 3.8) is 0 Å². The van der Waals surface area contributed by atoms with Gasteiger partial charge in [-0.2, -0.15) is 0 Å². The van der Waals surface area contributed by atoms with Crippen LogP contribution in [0.25, 0.3) is 0 Å². The van der Waals surface area contributed by atoms with E-state index in [9.17, 15) is 4.79 Å². The Balaban J connectivity index is 1.64. The first-order valence-corrected chi connectivity index (χ1v) is 9.57. The number of para-hydroxylation sites is 1. The molecule has 0 unspecified atom stereocenters. The maximum atomic E-state index is 12.3. The van der Waals surface area contributed by atoms with E-state index in [2.05, 4.69) is 37.6 Å².